The minimum Gasteiger partial charge on any atom is -0.339 e. The zero-order valence-electron chi connectivity index (χ0n) is 10.5. The molecule has 98 valence electrons. The van der Waals surface area contributed by atoms with Crippen molar-refractivity contribution in [2.24, 2.45) is 0 Å². The summed E-state index contributed by atoms with van der Waals surface area (Å²) in [7, 11) is 0. The van der Waals surface area contributed by atoms with E-state index in [0.29, 0.717) is 10.8 Å². The molecule has 0 saturated carbocycles. The highest BCUT2D eigenvalue weighted by molar-refractivity contribution is 6.30. The monoisotopic (exact) mass is 282 g/mol. The minimum atomic E-state index is 0.668. The maximum absolute atomic E-state index is 5.96. The van der Waals surface area contributed by atoms with Gasteiger partial charge in [0.1, 0.15) is 5.82 Å². The Labute approximate surface area is 121 Å². The summed E-state index contributed by atoms with van der Waals surface area (Å²) in [6.45, 7) is 0. The van der Waals surface area contributed by atoms with E-state index in [2.05, 4.69) is 20.3 Å². The van der Waals surface area contributed by atoms with E-state index < -0.39 is 0 Å². The van der Waals surface area contributed by atoms with Crippen molar-refractivity contribution in [1.82, 2.24) is 15.0 Å². The van der Waals surface area contributed by atoms with Gasteiger partial charge in [0, 0.05) is 28.7 Å². The Hall–Kier alpha value is -2.46. The van der Waals surface area contributed by atoms with E-state index in [4.69, 9.17) is 11.6 Å². The quantitative estimate of drug-likeness (QED) is 0.790. The summed E-state index contributed by atoms with van der Waals surface area (Å²) < 4.78 is 0. The van der Waals surface area contributed by atoms with Crippen LogP contribution in [0, 0.1) is 0 Å². The van der Waals surface area contributed by atoms with Gasteiger partial charge >= 0.3 is 0 Å². The van der Waals surface area contributed by atoms with Crippen LogP contribution in [-0.2, 0) is 0 Å². The van der Waals surface area contributed by atoms with Crippen molar-refractivity contribution in [2.45, 2.75) is 0 Å². The highest BCUT2D eigenvalue weighted by atomic mass is 35.5. The maximum Gasteiger partial charge on any atom is 0.149 e. The first-order valence-electron chi connectivity index (χ1n) is 6.06. The minimum absolute atomic E-state index is 0.668. The maximum atomic E-state index is 5.96. The highest BCUT2D eigenvalue weighted by Crippen LogP contribution is 2.21. The fourth-order valence-electron chi connectivity index (χ4n) is 1.80. The number of hydrogen-bond donors (Lipinski definition) is 1. The van der Waals surface area contributed by atoms with Crippen molar-refractivity contribution < 1.29 is 0 Å². The average molecular weight is 283 g/mol. The zero-order chi connectivity index (χ0) is 13.8. The molecule has 1 aromatic carbocycles. The SMILES string of the molecule is Clc1cccc(Nc2cncc(-c3ccncc3)n2)c1. The molecule has 0 amide bonds. The number of halogens is 1. The van der Waals surface area contributed by atoms with E-state index in [0.717, 1.165) is 16.9 Å². The van der Waals surface area contributed by atoms with Gasteiger partial charge in [-0.05, 0) is 30.3 Å². The Morgan fingerprint density at radius 1 is 0.950 bits per heavy atom. The third-order valence-electron chi connectivity index (χ3n) is 2.71. The molecule has 3 rings (SSSR count). The van der Waals surface area contributed by atoms with E-state index in [1.54, 1.807) is 24.8 Å². The van der Waals surface area contributed by atoms with Crippen LogP contribution in [0.25, 0.3) is 11.3 Å². The van der Waals surface area contributed by atoms with E-state index in [1.807, 2.05) is 36.4 Å². The number of aromatic nitrogens is 3. The summed E-state index contributed by atoms with van der Waals surface area (Å²) in [6.07, 6.45) is 6.85. The normalized spacial score (nSPS) is 10.2. The van der Waals surface area contributed by atoms with E-state index in [-0.39, 0.29) is 0 Å². The summed E-state index contributed by atoms with van der Waals surface area (Å²) >= 11 is 5.96. The molecule has 20 heavy (non-hydrogen) atoms. The van der Waals surface area contributed by atoms with Crippen molar-refractivity contribution in [3.8, 4) is 11.3 Å². The summed E-state index contributed by atoms with van der Waals surface area (Å²) in [5, 5.41) is 3.86. The van der Waals surface area contributed by atoms with Crippen molar-refractivity contribution in [3.05, 3.63) is 66.2 Å². The number of anilines is 2. The molecule has 0 radical (unpaired) electrons. The molecule has 5 heteroatoms. The molecule has 0 aliphatic rings. The van der Waals surface area contributed by atoms with Gasteiger partial charge in [-0.15, -0.1) is 0 Å². The van der Waals surface area contributed by atoms with E-state index in [1.165, 1.54) is 0 Å². The fraction of sp³-hybridized carbons (Fsp3) is 0. The van der Waals surface area contributed by atoms with Gasteiger partial charge in [0.2, 0.25) is 0 Å². The van der Waals surface area contributed by atoms with Crippen molar-refractivity contribution in [1.29, 1.82) is 0 Å². The molecule has 3 aromatic rings. The number of nitrogens with zero attached hydrogens (tertiary/aromatic N) is 3. The van der Waals surface area contributed by atoms with Gasteiger partial charge in [0.05, 0.1) is 18.1 Å². The van der Waals surface area contributed by atoms with E-state index in [9.17, 15) is 0 Å². The van der Waals surface area contributed by atoms with Crippen LogP contribution in [0.15, 0.2) is 61.2 Å². The van der Waals surface area contributed by atoms with Crippen molar-refractivity contribution >= 4 is 23.1 Å². The van der Waals surface area contributed by atoms with Crippen LogP contribution in [-0.4, -0.2) is 15.0 Å². The fourth-order valence-corrected chi connectivity index (χ4v) is 1.99. The Balaban J connectivity index is 1.88. The molecule has 2 heterocycles. The van der Waals surface area contributed by atoms with Crippen LogP contribution in [0.2, 0.25) is 5.02 Å². The first-order chi connectivity index (χ1) is 9.81. The third kappa shape index (κ3) is 2.92. The molecule has 0 aliphatic heterocycles. The van der Waals surface area contributed by atoms with Crippen molar-refractivity contribution in [2.75, 3.05) is 5.32 Å². The lowest BCUT2D eigenvalue weighted by atomic mass is 10.2. The lowest BCUT2D eigenvalue weighted by Gasteiger charge is -2.07. The topological polar surface area (TPSA) is 50.7 Å². The second-order valence-corrected chi connectivity index (χ2v) is 4.60. The molecular formula is C15H11ClN4. The van der Waals surface area contributed by atoms with Gasteiger partial charge in [-0.25, -0.2) is 4.98 Å². The van der Waals surface area contributed by atoms with Gasteiger partial charge < -0.3 is 5.32 Å². The molecule has 1 N–H and O–H groups in total. The lowest BCUT2D eigenvalue weighted by Crippen LogP contribution is -1.96. The number of nitrogens with one attached hydrogen (secondary N) is 1. The largest absolute Gasteiger partial charge is 0.339 e. The molecule has 0 atom stereocenters. The smallest absolute Gasteiger partial charge is 0.149 e. The first kappa shape index (κ1) is 12.6. The second kappa shape index (κ2) is 5.67. The molecule has 0 bridgehead atoms. The number of pyridine rings is 1. The molecule has 0 aliphatic carbocycles. The van der Waals surface area contributed by atoms with Gasteiger partial charge in [0.25, 0.3) is 0 Å². The molecule has 0 unspecified atom stereocenters. The van der Waals surface area contributed by atoms with Crippen LogP contribution in [0.3, 0.4) is 0 Å². The highest BCUT2D eigenvalue weighted by Gasteiger charge is 2.02. The predicted octanol–water partition coefficient (Wildman–Crippen LogP) is 3.94. The van der Waals surface area contributed by atoms with Crippen LogP contribution in [0.4, 0.5) is 11.5 Å². The van der Waals surface area contributed by atoms with Crippen LogP contribution in [0.5, 0.6) is 0 Å². The lowest BCUT2D eigenvalue weighted by molar-refractivity contribution is 1.20. The zero-order valence-corrected chi connectivity index (χ0v) is 11.2. The summed E-state index contributed by atoms with van der Waals surface area (Å²) in [5.74, 6) is 0.668. The van der Waals surface area contributed by atoms with Crippen LogP contribution in [0.1, 0.15) is 0 Å². The van der Waals surface area contributed by atoms with Crippen LogP contribution >= 0.6 is 11.6 Å². The van der Waals surface area contributed by atoms with Crippen LogP contribution < -0.4 is 5.32 Å². The first-order valence-corrected chi connectivity index (χ1v) is 6.44. The Morgan fingerprint density at radius 3 is 2.60 bits per heavy atom. The Bertz CT molecular complexity index is 716. The van der Waals surface area contributed by atoms with Gasteiger partial charge in [-0.3, -0.25) is 9.97 Å². The number of rotatable bonds is 3. The predicted molar refractivity (Wildman–Crippen MR) is 80.0 cm³/mol. The molecule has 2 aromatic heterocycles. The van der Waals surface area contributed by atoms with Crippen molar-refractivity contribution in [3.63, 3.8) is 0 Å². The van der Waals surface area contributed by atoms with Gasteiger partial charge in [-0.1, -0.05) is 17.7 Å². The summed E-state index contributed by atoms with van der Waals surface area (Å²) in [4.78, 5) is 12.7. The van der Waals surface area contributed by atoms with Gasteiger partial charge in [0.15, 0.2) is 0 Å². The molecule has 0 spiro atoms. The number of benzene rings is 1. The Kier molecular flexibility index (Phi) is 3.56. The molecule has 0 fully saturated rings. The van der Waals surface area contributed by atoms with E-state index >= 15 is 0 Å². The average Bonchev–Trinajstić information content (AvgIpc) is 2.48. The second-order valence-electron chi connectivity index (χ2n) is 4.16. The molecular weight excluding hydrogens is 272 g/mol. The third-order valence-corrected chi connectivity index (χ3v) is 2.94. The molecule has 0 saturated heterocycles. The molecule has 4 nitrogen and oxygen atoms in total. The summed E-state index contributed by atoms with van der Waals surface area (Å²) in [6, 6.07) is 11.3. The van der Waals surface area contributed by atoms with Gasteiger partial charge in [-0.2, -0.15) is 0 Å². The standard InChI is InChI=1S/C15H11ClN4/c16-12-2-1-3-13(8-12)19-15-10-18-9-14(20-15)11-4-6-17-7-5-11/h1-10H,(H,19,20). The summed E-state index contributed by atoms with van der Waals surface area (Å²) in [5.41, 5.74) is 2.64. The Morgan fingerprint density at radius 2 is 1.80 bits per heavy atom. The number of hydrogen-bond acceptors (Lipinski definition) is 4.